The van der Waals surface area contributed by atoms with E-state index in [0.29, 0.717) is 0 Å². The highest BCUT2D eigenvalue weighted by Gasteiger charge is 2.18. The smallest absolute Gasteiger partial charge is 0.228 e. The second kappa shape index (κ2) is 5.45. The number of rotatable bonds is 5. The van der Waals surface area contributed by atoms with Gasteiger partial charge < -0.3 is 5.32 Å². The van der Waals surface area contributed by atoms with Gasteiger partial charge in [0, 0.05) is 15.5 Å². The number of hydrogen-bond donors (Lipinski definition) is 1. The Bertz CT molecular complexity index is 471. The van der Waals surface area contributed by atoms with Gasteiger partial charge >= 0.3 is 0 Å². The molecule has 0 fully saturated rings. The van der Waals surface area contributed by atoms with E-state index in [2.05, 4.69) is 5.32 Å². The van der Waals surface area contributed by atoms with Crippen LogP contribution in [0.15, 0.2) is 47.8 Å². The van der Waals surface area contributed by atoms with Gasteiger partial charge in [-0.05, 0) is 23.6 Å². The lowest BCUT2D eigenvalue weighted by Gasteiger charge is -2.14. The lowest BCUT2D eigenvalue weighted by molar-refractivity contribution is -0.482. The van der Waals surface area contributed by atoms with Gasteiger partial charge in [-0.1, -0.05) is 24.3 Å². The summed E-state index contributed by atoms with van der Waals surface area (Å²) in [6.45, 7) is -0.116. The highest BCUT2D eigenvalue weighted by Crippen LogP contribution is 2.23. The minimum Gasteiger partial charge on any atom is -0.372 e. The molecular formula is C12H12N2O2S. The van der Waals surface area contributed by atoms with E-state index >= 15 is 0 Å². The molecule has 2 rings (SSSR count). The third-order valence-corrected chi connectivity index (χ3v) is 3.32. The highest BCUT2D eigenvalue weighted by atomic mass is 32.1. The lowest BCUT2D eigenvalue weighted by atomic mass is 10.2. The van der Waals surface area contributed by atoms with Crippen molar-refractivity contribution in [1.82, 2.24) is 0 Å². The van der Waals surface area contributed by atoms with Crippen LogP contribution >= 0.6 is 11.3 Å². The highest BCUT2D eigenvalue weighted by molar-refractivity contribution is 7.10. The summed E-state index contributed by atoms with van der Waals surface area (Å²) >= 11 is 1.53. The molecule has 88 valence electrons. The maximum absolute atomic E-state index is 10.7. The van der Waals surface area contributed by atoms with Crippen LogP contribution in [0.1, 0.15) is 10.9 Å². The van der Waals surface area contributed by atoms with E-state index in [1.54, 1.807) is 0 Å². The van der Waals surface area contributed by atoms with Gasteiger partial charge in [0.1, 0.15) is 6.04 Å². The molecule has 1 atom stereocenters. The van der Waals surface area contributed by atoms with Crippen molar-refractivity contribution in [2.24, 2.45) is 0 Å². The number of anilines is 1. The molecule has 0 aliphatic rings. The molecule has 0 saturated heterocycles. The lowest BCUT2D eigenvalue weighted by Crippen LogP contribution is -2.19. The van der Waals surface area contributed by atoms with Gasteiger partial charge in [-0.15, -0.1) is 11.3 Å². The molecule has 2 aromatic rings. The summed E-state index contributed by atoms with van der Waals surface area (Å²) in [5.41, 5.74) is 0.896. The third kappa shape index (κ3) is 3.29. The summed E-state index contributed by atoms with van der Waals surface area (Å²) in [6.07, 6.45) is 0. The first kappa shape index (κ1) is 11.6. The zero-order chi connectivity index (χ0) is 12.1. The van der Waals surface area contributed by atoms with Gasteiger partial charge in [-0.2, -0.15) is 0 Å². The summed E-state index contributed by atoms with van der Waals surface area (Å²) < 4.78 is 0. The molecule has 0 bridgehead atoms. The molecule has 0 amide bonds. The van der Waals surface area contributed by atoms with Gasteiger partial charge in [0.25, 0.3) is 0 Å². The Morgan fingerprint density at radius 1 is 1.24 bits per heavy atom. The van der Waals surface area contributed by atoms with Crippen molar-refractivity contribution in [3.63, 3.8) is 0 Å². The van der Waals surface area contributed by atoms with Crippen molar-refractivity contribution < 1.29 is 4.92 Å². The first-order valence-corrected chi connectivity index (χ1v) is 6.10. The first-order valence-electron chi connectivity index (χ1n) is 5.22. The fourth-order valence-corrected chi connectivity index (χ4v) is 2.35. The molecule has 0 aliphatic carbocycles. The van der Waals surface area contributed by atoms with Crippen LogP contribution in [0, 0.1) is 10.1 Å². The van der Waals surface area contributed by atoms with Crippen molar-refractivity contribution in [3.05, 3.63) is 62.8 Å². The molecule has 4 nitrogen and oxygen atoms in total. The molecule has 0 spiro atoms. The predicted octanol–water partition coefficient (Wildman–Crippen LogP) is 3.18. The normalized spacial score (nSPS) is 12.0. The van der Waals surface area contributed by atoms with Crippen LogP contribution < -0.4 is 5.32 Å². The van der Waals surface area contributed by atoms with Gasteiger partial charge in [0.15, 0.2) is 0 Å². The molecule has 5 heteroatoms. The molecule has 17 heavy (non-hydrogen) atoms. The van der Waals surface area contributed by atoms with Crippen molar-refractivity contribution in [1.29, 1.82) is 0 Å². The van der Waals surface area contributed by atoms with Crippen LogP contribution in [-0.2, 0) is 0 Å². The molecule has 0 aliphatic heterocycles. The van der Waals surface area contributed by atoms with E-state index in [0.717, 1.165) is 10.6 Å². The van der Waals surface area contributed by atoms with Crippen LogP contribution in [0.2, 0.25) is 0 Å². The fourth-order valence-electron chi connectivity index (χ4n) is 1.58. The Hall–Kier alpha value is -1.88. The number of nitrogens with zero attached hydrogens (tertiary/aromatic N) is 1. The number of thiophene rings is 1. The zero-order valence-corrected chi connectivity index (χ0v) is 9.89. The molecule has 1 N–H and O–H groups in total. The van der Waals surface area contributed by atoms with Gasteiger partial charge in [-0.25, -0.2) is 0 Å². The Morgan fingerprint density at radius 3 is 2.59 bits per heavy atom. The molecule has 0 saturated carbocycles. The summed E-state index contributed by atoms with van der Waals surface area (Å²) in [6, 6.07) is 13.1. The molecular weight excluding hydrogens is 236 g/mol. The monoisotopic (exact) mass is 248 g/mol. The summed E-state index contributed by atoms with van der Waals surface area (Å²) in [5, 5.41) is 15.8. The largest absolute Gasteiger partial charge is 0.372 e. The minimum absolute atomic E-state index is 0.116. The number of para-hydroxylation sites is 1. The quantitative estimate of drug-likeness (QED) is 0.653. The van der Waals surface area contributed by atoms with Crippen LogP contribution in [0.3, 0.4) is 0 Å². The van der Waals surface area contributed by atoms with E-state index in [4.69, 9.17) is 0 Å². The van der Waals surface area contributed by atoms with Gasteiger partial charge in [0.2, 0.25) is 6.54 Å². The Balaban J connectivity index is 2.14. The standard InChI is InChI=1S/C12H12N2O2S/c15-14(16)9-11(12-7-4-8-17-12)13-10-5-2-1-3-6-10/h1-8,11,13H,9H2. The van der Waals surface area contributed by atoms with Crippen LogP contribution in [0.4, 0.5) is 5.69 Å². The topological polar surface area (TPSA) is 55.2 Å². The van der Waals surface area contributed by atoms with E-state index in [1.807, 2.05) is 47.8 Å². The van der Waals surface area contributed by atoms with Crippen molar-refractivity contribution in [2.75, 3.05) is 11.9 Å². The van der Waals surface area contributed by atoms with Crippen molar-refractivity contribution in [3.8, 4) is 0 Å². The van der Waals surface area contributed by atoms with Crippen LogP contribution in [-0.4, -0.2) is 11.5 Å². The third-order valence-electron chi connectivity index (χ3n) is 2.33. The predicted molar refractivity (Wildman–Crippen MR) is 69.0 cm³/mol. The number of hydrogen-bond acceptors (Lipinski definition) is 4. The number of nitro groups is 1. The summed E-state index contributed by atoms with van der Waals surface area (Å²) in [4.78, 5) is 11.4. The Kier molecular flexibility index (Phi) is 3.72. The second-order valence-electron chi connectivity index (χ2n) is 3.59. The molecule has 0 radical (unpaired) electrons. The van der Waals surface area contributed by atoms with Crippen molar-refractivity contribution in [2.45, 2.75) is 6.04 Å². The maximum atomic E-state index is 10.7. The maximum Gasteiger partial charge on any atom is 0.228 e. The van der Waals surface area contributed by atoms with Crippen LogP contribution in [0.5, 0.6) is 0 Å². The number of benzene rings is 1. The van der Waals surface area contributed by atoms with Gasteiger partial charge in [0.05, 0.1) is 0 Å². The zero-order valence-electron chi connectivity index (χ0n) is 9.08. The molecule has 1 aromatic carbocycles. The SMILES string of the molecule is O=[N+]([O-])CC(Nc1ccccc1)c1cccs1. The van der Waals surface area contributed by atoms with Crippen molar-refractivity contribution >= 4 is 17.0 Å². The van der Waals surface area contributed by atoms with E-state index in [-0.39, 0.29) is 17.5 Å². The fraction of sp³-hybridized carbons (Fsp3) is 0.167. The average Bonchev–Trinajstić information content (AvgIpc) is 2.82. The average molecular weight is 248 g/mol. The Morgan fingerprint density at radius 2 is 2.00 bits per heavy atom. The van der Waals surface area contributed by atoms with E-state index < -0.39 is 0 Å². The Labute approximate surface area is 103 Å². The molecule has 1 heterocycles. The number of nitrogens with one attached hydrogen (secondary N) is 1. The first-order chi connectivity index (χ1) is 8.25. The molecule has 1 unspecified atom stereocenters. The summed E-state index contributed by atoms with van der Waals surface area (Å²) in [5.74, 6) is 0. The van der Waals surface area contributed by atoms with E-state index in [1.165, 1.54) is 11.3 Å². The second-order valence-corrected chi connectivity index (χ2v) is 4.57. The molecule has 1 aromatic heterocycles. The van der Waals surface area contributed by atoms with Gasteiger partial charge in [-0.3, -0.25) is 10.1 Å². The van der Waals surface area contributed by atoms with Crippen LogP contribution in [0.25, 0.3) is 0 Å². The summed E-state index contributed by atoms with van der Waals surface area (Å²) in [7, 11) is 0. The minimum atomic E-state index is -0.291. The van der Waals surface area contributed by atoms with E-state index in [9.17, 15) is 10.1 Å².